The first-order valence-corrected chi connectivity index (χ1v) is 5.79. The van der Waals surface area contributed by atoms with Gasteiger partial charge in [-0.3, -0.25) is 0 Å². The second kappa shape index (κ2) is 7.25. The van der Waals surface area contributed by atoms with Gasteiger partial charge in [-0.25, -0.2) is 0 Å². The first-order valence-electron chi connectivity index (χ1n) is 5.79. The van der Waals surface area contributed by atoms with Crippen molar-refractivity contribution in [1.82, 2.24) is 0 Å². The lowest BCUT2D eigenvalue weighted by molar-refractivity contribution is 0.0426. The quantitative estimate of drug-likeness (QED) is 0.722. The maximum absolute atomic E-state index is 5.56. The van der Waals surface area contributed by atoms with E-state index < -0.39 is 0 Å². The number of rotatable bonds is 7. The lowest BCUT2D eigenvalue weighted by Gasteiger charge is -2.11. The Morgan fingerprint density at radius 2 is 2.12 bits per heavy atom. The first kappa shape index (κ1) is 13.0. The summed E-state index contributed by atoms with van der Waals surface area (Å²) >= 11 is 0. The molecule has 0 fully saturated rings. The van der Waals surface area contributed by atoms with Crippen molar-refractivity contribution in [3.05, 3.63) is 29.8 Å². The molecule has 0 saturated heterocycles. The summed E-state index contributed by atoms with van der Waals surface area (Å²) in [6, 6.07) is 7.83. The molecule has 90 valence electrons. The van der Waals surface area contributed by atoms with Gasteiger partial charge in [0.05, 0.1) is 12.7 Å². The van der Waals surface area contributed by atoms with Gasteiger partial charge in [0.15, 0.2) is 0 Å². The number of ether oxygens (including phenoxy) is 2. The molecule has 1 rings (SSSR count). The largest absolute Gasteiger partial charge is 0.491 e. The molecule has 2 N–H and O–H groups in total. The van der Waals surface area contributed by atoms with E-state index in [4.69, 9.17) is 15.2 Å². The van der Waals surface area contributed by atoms with Crippen LogP contribution in [-0.2, 0) is 11.3 Å². The van der Waals surface area contributed by atoms with Crippen molar-refractivity contribution in [3.63, 3.8) is 0 Å². The van der Waals surface area contributed by atoms with Crippen molar-refractivity contribution in [1.29, 1.82) is 0 Å². The van der Waals surface area contributed by atoms with E-state index in [9.17, 15) is 0 Å². The number of nitrogens with two attached hydrogens (primary N) is 1. The van der Waals surface area contributed by atoms with Gasteiger partial charge in [0.1, 0.15) is 12.4 Å². The third kappa shape index (κ3) is 4.64. The lowest BCUT2D eigenvalue weighted by atomic mass is 10.2. The van der Waals surface area contributed by atoms with E-state index in [0.29, 0.717) is 25.9 Å². The van der Waals surface area contributed by atoms with Gasteiger partial charge >= 0.3 is 0 Å². The zero-order valence-corrected chi connectivity index (χ0v) is 10.1. The highest BCUT2D eigenvalue weighted by Gasteiger charge is 1.99. The summed E-state index contributed by atoms with van der Waals surface area (Å²) in [7, 11) is 0. The molecule has 0 heterocycles. The van der Waals surface area contributed by atoms with E-state index >= 15 is 0 Å². The fourth-order valence-electron chi connectivity index (χ4n) is 1.29. The van der Waals surface area contributed by atoms with Crippen molar-refractivity contribution >= 4 is 0 Å². The van der Waals surface area contributed by atoms with E-state index in [2.05, 4.69) is 13.8 Å². The van der Waals surface area contributed by atoms with Crippen molar-refractivity contribution < 1.29 is 9.47 Å². The number of hydrogen-bond donors (Lipinski definition) is 1. The molecule has 1 aromatic rings. The molecule has 0 spiro atoms. The summed E-state index contributed by atoms with van der Waals surface area (Å²) in [5.74, 6) is 0.857. The van der Waals surface area contributed by atoms with Crippen LogP contribution < -0.4 is 10.5 Å². The van der Waals surface area contributed by atoms with Crippen LogP contribution in [0.5, 0.6) is 5.75 Å². The van der Waals surface area contributed by atoms with E-state index in [-0.39, 0.29) is 0 Å². The van der Waals surface area contributed by atoms with Crippen LogP contribution in [0.2, 0.25) is 0 Å². The average Bonchev–Trinajstić information content (AvgIpc) is 2.34. The molecule has 0 radical (unpaired) electrons. The molecule has 3 heteroatoms. The normalized spacial score (nSPS) is 12.4. The van der Waals surface area contributed by atoms with Gasteiger partial charge in [-0.2, -0.15) is 0 Å². The second-order valence-corrected chi connectivity index (χ2v) is 3.79. The predicted molar refractivity (Wildman–Crippen MR) is 65.5 cm³/mol. The summed E-state index contributed by atoms with van der Waals surface area (Å²) < 4.78 is 11.1. The van der Waals surface area contributed by atoms with Gasteiger partial charge < -0.3 is 15.2 Å². The van der Waals surface area contributed by atoms with Crippen molar-refractivity contribution in [3.8, 4) is 5.75 Å². The van der Waals surface area contributed by atoms with Gasteiger partial charge in [-0.05, 0) is 31.0 Å². The van der Waals surface area contributed by atoms with Gasteiger partial charge in [0.2, 0.25) is 0 Å². The Morgan fingerprint density at radius 1 is 1.31 bits per heavy atom. The maximum Gasteiger partial charge on any atom is 0.119 e. The maximum atomic E-state index is 5.56. The fourth-order valence-corrected chi connectivity index (χ4v) is 1.29. The highest BCUT2D eigenvalue weighted by Crippen LogP contribution is 2.12. The van der Waals surface area contributed by atoms with Gasteiger partial charge in [0.25, 0.3) is 0 Å². The first-order chi connectivity index (χ1) is 7.76. The minimum Gasteiger partial charge on any atom is -0.491 e. The molecule has 1 unspecified atom stereocenters. The van der Waals surface area contributed by atoms with Crippen LogP contribution in [0.1, 0.15) is 25.8 Å². The molecule has 3 nitrogen and oxygen atoms in total. The summed E-state index contributed by atoms with van der Waals surface area (Å²) in [6.07, 6.45) is 1.34. The molecule has 0 saturated carbocycles. The lowest BCUT2D eigenvalue weighted by Crippen LogP contribution is -2.13. The Labute approximate surface area is 97.6 Å². The zero-order valence-electron chi connectivity index (χ0n) is 10.1. The summed E-state index contributed by atoms with van der Waals surface area (Å²) in [4.78, 5) is 0. The summed E-state index contributed by atoms with van der Waals surface area (Å²) in [5.41, 5.74) is 6.63. The zero-order chi connectivity index (χ0) is 11.8. The topological polar surface area (TPSA) is 44.5 Å². The molecular formula is C13H21NO2. The van der Waals surface area contributed by atoms with Crippen LogP contribution in [0, 0.1) is 0 Å². The Morgan fingerprint density at radius 3 is 2.81 bits per heavy atom. The van der Waals surface area contributed by atoms with E-state index in [1.165, 1.54) is 0 Å². The molecule has 0 aromatic heterocycles. The molecule has 16 heavy (non-hydrogen) atoms. The molecule has 0 aliphatic heterocycles. The van der Waals surface area contributed by atoms with E-state index in [1.807, 2.05) is 24.3 Å². The van der Waals surface area contributed by atoms with Crippen LogP contribution in [0.25, 0.3) is 0 Å². The van der Waals surface area contributed by atoms with Gasteiger partial charge in [0, 0.05) is 6.54 Å². The van der Waals surface area contributed by atoms with Crippen molar-refractivity contribution in [2.24, 2.45) is 5.73 Å². The van der Waals surface area contributed by atoms with Crippen molar-refractivity contribution in [2.45, 2.75) is 32.9 Å². The molecule has 0 aliphatic carbocycles. The highest BCUT2D eigenvalue weighted by molar-refractivity contribution is 5.28. The predicted octanol–water partition coefficient (Wildman–Crippen LogP) is 2.34. The molecular weight excluding hydrogens is 202 g/mol. The van der Waals surface area contributed by atoms with E-state index in [1.54, 1.807) is 0 Å². The van der Waals surface area contributed by atoms with Gasteiger partial charge in [-0.1, -0.05) is 19.1 Å². The Balaban J connectivity index is 2.26. The smallest absolute Gasteiger partial charge is 0.119 e. The highest BCUT2D eigenvalue weighted by atomic mass is 16.5. The average molecular weight is 223 g/mol. The molecule has 1 atom stereocenters. The molecule has 1 aromatic carbocycles. The van der Waals surface area contributed by atoms with Gasteiger partial charge in [-0.15, -0.1) is 0 Å². The van der Waals surface area contributed by atoms with Crippen LogP contribution in [0.4, 0.5) is 0 Å². The molecule has 0 aliphatic rings. The monoisotopic (exact) mass is 223 g/mol. The number of benzene rings is 1. The Bertz CT molecular complexity index is 302. The molecule has 0 bridgehead atoms. The van der Waals surface area contributed by atoms with Crippen LogP contribution in [0.3, 0.4) is 0 Å². The molecule has 0 amide bonds. The number of hydrogen-bond acceptors (Lipinski definition) is 3. The van der Waals surface area contributed by atoms with Crippen LogP contribution >= 0.6 is 0 Å². The Hall–Kier alpha value is -1.06. The van der Waals surface area contributed by atoms with Crippen LogP contribution in [-0.4, -0.2) is 19.3 Å². The SMILES string of the molecule is CCC(C)OCCOc1cccc(CN)c1. The minimum absolute atomic E-state index is 0.305. The van der Waals surface area contributed by atoms with Crippen LogP contribution in [0.15, 0.2) is 24.3 Å². The summed E-state index contributed by atoms with van der Waals surface area (Å²) in [6.45, 7) is 5.92. The second-order valence-electron chi connectivity index (χ2n) is 3.79. The standard InChI is InChI=1S/C13H21NO2/c1-3-11(2)15-7-8-16-13-6-4-5-12(9-13)10-14/h4-6,9,11H,3,7-8,10,14H2,1-2H3. The summed E-state index contributed by atoms with van der Waals surface area (Å²) in [5, 5.41) is 0. The van der Waals surface area contributed by atoms with Crippen molar-refractivity contribution in [2.75, 3.05) is 13.2 Å². The third-order valence-corrected chi connectivity index (χ3v) is 2.46. The minimum atomic E-state index is 0.305. The Kier molecular flexibility index (Phi) is 5.90. The van der Waals surface area contributed by atoms with E-state index in [0.717, 1.165) is 17.7 Å². The fraction of sp³-hybridized carbons (Fsp3) is 0.538. The third-order valence-electron chi connectivity index (χ3n) is 2.46.